The number of nitrogens with zero attached hydrogens (tertiary/aromatic N) is 2. The van der Waals surface area contributed by atoms with Gasteiger partial charge in [-0.3, -0.25) is 14.9 Å². The zero-order chi connectivity index (χ0) is 12.1. The van der Waals surface area contributed by atoms with Crippen molar-refractivity contribution in [3.05, 3.63) is 11.9 Å². The summed E-state index contributed by atoms with van der Waals surface area (Å²) < 4.78 is 0. The Morgan fingerprint density at radius 2 is 2.25 bits per heavy atom. The molecule has 1 rings (SSSR count). The Labute approximate surface area is 90.5 Å². The lowest BCUT2D eigenvalue weighted by Crippen LogP contribution is -2.46. The van der Waals surface area contributed by atoms with Crippen LogP contribution in [0.2, 0.25) is 0 Å². The molecule has 1 aliphatic heterocycles. The standard InChI is InChI=1S/C8H10N3O5/c12-3-5(14)2-11(4-13)6-1-9-8(16)10-7(6)15/h1,4-5,12,14H,2-3H2,(H,10,15,16). The molecule has 0 aromatic rings. The Balaban J connectivity index is 2.76. The monoisotopic (exact) mass is 228 g/mol. The van der Waals surface area contributed by atoms with Crippen molar-refractivity contribution in [2.24, 2.45) is 0 Å². The van der Waals surface area contributed by atoms with Gasteiger partial charge < -0.3 is 15.1 Å². The summed E-state index contributed by atoms with van der Waals surface area (Å²) in [5.41, 5.74) is -0.165. The van der Waals surface area contributed by atoms with Crippen LogP contribution in [0.1, 0.15) is 0 Å². The molecule has 0 fully saturated rings. The molecule has 0 bridgehead atoms. The van der Waals surface area contributed by atoms with Gasteiger partial charge in [0.05, 0.1) is 25.5 Å². The average Bonchev–Trinajstić information content (AvgIpc) is 2.26. The van der Waals surface area contributed by atoms with E-state index >= 15 is 0 Å². The van der Waals surface area contributed by atoms with E-state index in [2.05, 4.69) is 5.32 Å². The van der Waals surface area contributed by atoms with Crippen molar-refractivity contribution < 1.29 is 24.6 Å². The van der Waals surface area contributed by atoms with Crippen LogP contribution in [-0.2, 0) is 9.59 Å². The van der Waals surface area contributed by atoms with Crippen molar-refractivity contribution >= 4 is 18.3 Å². The van der Waals surface area contributed by atoms with Gasteiger partial charge in [0.15, 0.2) is 0 Å². The van der Waals surface area contributed by atoms with Crippen molar-refractivity contribution in [1.29, 1.82) is 0 Å². The highest BCUT2D eigenvalue weighted by molar-refractivity contribution is 6.06. The molecule has 1 heterocycles. The van der Waals surface area contributed by atoms with E-state index in [1.54, 1.807) is 0 Å². The van der Waals surface area contributed by atoms with Crippen LogP contribution in [0.25, 0.3) is 0 Å². The van der Waals surface area contributed by atoms with Crippen LogP contribution in [0.3, 0.4) is 0 Å². The molecule has 1 atom stereocenters. The molecule has 0 aromatic heterocycles. The number of carbonyl (C=O) groups excluding carboxylic acids is 3. The summed E-state index contributed by atoms with van der Waals surface area (Å²) in [6.45, 7) is -0.807. The number of hydrogen-bond acceptors (Lipinski definition) is 5. The summed E-state index contributed by atoms with van der Waals surface area (Å²) in [6, 6.07) is -0.817. The molecule has 0 aromatic carbocycles. The summed E-state index contributed by atoms with van der Waals surface area (Å²) in [7, 11) is 0. The highest BCUT2D eigenvalue weighted by Crippen LogP contribution is 2.05. The van der Waals surface area contributed by atoms with Gasteiger partial charge in [0.25, 0.3) is 5.91 Å². The molecule has 0 saturated heterocycles. The SMILES string of the molecule is O=CN(CC(O)CO)C1=C[N]C(=O)NC1=O. The van der Waals surface area contributed by atoms with Crippen LogP contribution in [0.5, 0.6) is 0 Å². The summed E-state index contributed by atoms with van der Waals surface area (Å²) in [5, 5.41) is 22.9. The van der Waals surface area contributed by atoms with E-state index in [0.29, 0.717) is 6.41 Å². The fraction of sp³-hybridized carbons (Fsp3) is 0.375. The topological polar surface area (TPSA) is 121 Å². The number of carbonyl (C=O) groups is 3. The molecule has 0 saturated carbocycles. The largest absolute Gasteiger partial charge is 0.394 e. The van der Waals surface area contributed by atoms with E-state index in [1.807, 2.05) is 5.32 Å². The zero-order valence-corrected chi connectivity index (χ0v) is 8.16. The van der Waals surface area contributed by atoms with Crippen molar-refractivity contribution in [2.75, 3.05) is 13.2 Å². The molecule has 1 aliphatic rings. The number of aliphatic hydroxyl groups is 2. The molecule has 87 valence electrons. The summed E-state index contributed by atoms with van der Waals surface area (Å²) in [4.78, 5) is 33.5. The molecular weight excluding hydrogens is 218 g/mol. The Hall–Kier alpha value is -1.93. The number of aliphatic hydroxyl groups excluding tert-OH is 2. The first-order valence-corrected chi connectivity index (χ1v) is 4.35. The average molecular weight is 228 g/mol. The number of nitrogens with one attached hydrogen (secondary N) is 1. The highest BCUT2D eigenvalue weighted by Gasteiger charge is 2.25. The minimum Gasteiger partial charge on any atom is -0.394 e. The van der Waals surface area contributed by atoms with Crippen LogP contribution in [-0.4, -0.2) is 52.7 Å². The van der Waals surface area contributed by atoms with Crippen molar-refractivity contribution in [1.82, 2.24) is 15.5 Å². The van der Waals surface area contributed by atoms with Gasteiger partial charge in [-0.1, -0.05) is 0 Å². The van der Waals surface area contributed by atoms with E-state index < -0.39 is 24.6 Å². The van der Waals surface area contributed by atoms with Gasteiger partial charge in [-0.05, 0) is 0 Å². The smallest absolute Gasteiger partial charge is 0.347 e. The quantitative estimate of drug-likeness (QED) is 0.449. The molecule has 1 radical (unpaired) electrons. The van der Waals surface area contributed by atoms with Crippen molar-refractivity contribution in [2.45, 2.75) is 6.10 Å². The van der Waals surface area contributed by atoms with E-state index in [1.165, 1.54) is 0 Å². The van der Waals surface area contributed by atoms with Gasteiger partial charge in [0.2, 0.25) is 6.41 Å². The minimum atomic E-state index is -1.17. The Kier molecular flexibility index (Phi) is 3.97. The molecule has 0 aliphatic carbocycles. The lowest BCUT2D eigenvalue weighted by molar-refractivity contribution is -0.124. The lowest BCUT2D eigenvalue weighted by Gasteiger charge is -2.23. The van der Waals surface area contributed by atoms with Crippen LogP contribution in [0, 0.1) is 0 Å². The first kappa shape index (κ1) is 12.1. The van der Waals surface area contributed by atoms with E-state index in [-0.39, 0.29) is 12.2 Å². The zero-order valence-electron chi connectivity index (χ0n) is 8.16. The number of imide groups is 1. The Morgan fingerprint density at radius 1 is 1.56 bits per heavy atom. The number of rotatable bonds is 5. The number of hydrogen-bond donors (Lipinski definition) is 3. The van der Waals surface area contributed by atoms with Gasteiger partial charge in [-0.25, -0.2) is 4.79 Å². The minimum absolute atomic E-state index is 0.165. The maximum absolute atomic E-state index is 11.3. The van der Waals surface area contributed by atoms with E-state index in [9.17, 15) is 14.4 Å². The second kappa shape index (κ2) is 5.24. The molecule has 8 nitrogen and oxygen atoms in total. The first-order chi connectivity index (χ1) is 7.58. The van der Waals surface area contributed by atoms with Crippen molar-refractivity contribution in [3.63, 3.8) is 0 Å². The molecule has 16 heavy (non-hydrogen) atoms. The lowest BCUT2D eigenvalue weighted by atomic mass is 10.3. The fourth-order valence-electron chi connectivity index (χ4n) is 1.06. The normalized spacial score (nSPS) is 17.0. The maximum atomic E-state index is 11.3. The second-order valence-electron chi connectivity index (χ2n) is 3.00. The summed E-state index contributed by atoms with van der Waals surface area (Å²) in [5.74, 6) is -0.780. The van der Waals surface area contributed by atoms with Crippen LogP contribution in [0.4, 0.5) is 4.79 Å². The number of amides is 4. The van der Waals surface area contributed by atoms with E-state index in [0.717, 1.165) is 11.1 Å². The third-order valence-corrected chi connectivity index (χ3v) is 1.81. The highest BCUT2D eigenvalue weighted by atomic mass is 16.3. The molecule has 1 unspecified atom stereocenters. The van der Waals surface area contributed by atoms with Gasteiger partial charge in [0, 0.05) is 0 Å². The third kappa shape index (κ3) is 2.78. The Morgan fingerprint density at radius 3 is 2.75 bits per heavy atom. The van der Waals surface area contributed by atoms with Gasteiger partial charge in [0.1, 0.15) is 5.70 Å². The maximum Gasteiger partial charge on any atom is 0.347 e. The number of urea groups is 1. The van der Waals surface area contributed by atoms with Gasteiger partial charge >= 0.3 is 6.03 Å². The first-order valence-electron chi connectivity index (χ1n) is 4.35. The molecule has 4 amide bonds. The van der Waals surface area contributed by atoms with Crippen molar-refractivity contribution in [3.8, 4) is 0 Å². The molecular formula is C8H10N3O5. The van der Waals surface area contributed by atoms with Crippen LogP contribution >= 0.6 is 0 Å². The molecule has 0 spiro atoms. The third-order valence-electron chi connectivity index (χ3n) is 1.81. The Bertz CT molecular complexity index is 341. The van der Waals surface area contributed by atoms with Crippen LogP contribution in [0.15, 0.2) is 11.9 Å². The van der Waals surface area contributed by atoms with Gasteiger partial charge in [-0.2, -0.15) is 5.32 Å². The second-order valence-corrected chi connectivity index (χ2v) is 3.00. The molecule has 8 heteroatoms. The predicted octanol–water partition coefficient (Wildman–Crippen LogP) is -2.51. The van der Waals surface area contributed by atoms with Crippen LogP contribution < -0.4 is 10.6 Å². The predicted molar refractivity (Wildman–Crippen MR) is 49.6 cm³/mol. The van der Waals surface area contributed by atoms with Gasteiger partial charge in [-0.15, -0.1) is 0 Å². The summed E-state index contributed by atoms with van der Waals surface area (Å²) in [6.07, 6.45) is 0.0615. The fourth-order valence-corrected chi connectivity index (χ4v) is 1.06. The summed E-state index contributed by atoms with van der Waals surface area (Å²) >= 11 is 0. The van der Waals surface area contributed by atoms with E-state index in [4.69, 9.17) is 10.2 Å². The molecule has 3 N–H and O–H groups in total.